The van der Waals surface area contributed by atoms with Crippen LogP contribution in [0.2, 0.25) is 0 Å². The zero-order valence-corrected chi connectivity index (χ0v) is 19.9. The molecule has 0 aliphatic carbocycles. The zero-order valence-electron chi connectivity index (χ0n) is 15.5. The van der Waals surface area contributed by atoms with Gasteiger partial charge < -0.3 is 15.4 Å². The van der Waals surface area contributed by atoms with Crippen molar-refractivity contribution in [2.24, 2.45) is 0 Å². The summed E-state index contributed by atoms with van der Waals surface area (Å²) in [5.74, 6) is -0.903. The fourth-order valence-electron chi connectivity index (χ4n) is 2.64. The summed E-state index contributed by atoms with van der Waals surface area (Å²) in [6.45, 7) is 2.27. The van der Waals surface area contributed by atoms with E-state index in [9.17, 15) is 9.90 Å². The zero-order chi connectivity index (χ0) is 14.9. The van der Waals surface area contributed by atoms with Crippen LogP contribution in [-0.2, 0) is 10.3 Å². The van der Waals surface area contributed by atoms with Crippen LogP contribution in [0.15, 0.2) is 0 Å². The monoisotopic (exact) mass is 379 g/mol. The molecule has 0 heterocycles. The molecule has 23 heavy (non-hydrogen) atoms. The molecule has 0 aromatic heterocycles. The number of carbonyl (C=O) groups excluding carboxylic acids is 1. The van der Waals surface area contributed by atoms with Gasteiger partial charge in [-0.25, -0.2) is 0 Å². The van der Waals surface area contributed by atoms with Crippen molar-refractivity contribution in [1.29, 1.82) is 0 Å². The average molecular weight is 380 g/mol. The molecule has 0 N–H and O–H groups in total. The molecule has 128 valence electrons. The predicted molar refractivity (Wildman–Crippen MR) is 96.7 cm³/mol. The molecule has 3 nitrogen and oxygen atoms in total. The molecule has 0 saturated heterocycles. The summed E-state index contributed by atoms with van der Waals surface area (Å²) < 4.78 is 0. The van der Waals surface area contributed by atoms with E-state index in [4.69, 9.17) is 0 Å². The van der Waals surface area contributed by atoms with E-state index in [0.29, 0.717) is 0 Å². The van der Waals surface area contributed by atoms with Crippen LogP contribution in [0, 0.1) is 0 Å². The number of aliphatic carboxylic acids is 1. The van der Waals surface area contributed by atoms with Crippen molar-refractivity contribution in [3.63, 3.8) is 0 Å². The molecule has 0 saturated carbocycles. The van der Waals surface area contributed by atoms with Gasteiger partial charge >= 0.3 is 75.5 Å². The van der Waals surface area contributed by atoms with Crippen molar-refractivity contribution in [2.75, 3.05) is 0 Å². The van der Waals surface area contributed by atoms with E-state index in [1.54, 1.807) is 0 Å². The molecular formula is C18H35Ca2O3+. The molecule has 0 radical (unpaired) electrons. The maximum absolute atomic E-state index is 10.2. The van der Waals surface area contributed by atoms with Crippen LogP contribution in [0.4, 0.5) is 0 Å². The maximum atomic E-state index is 10.2. The van der Waals surface area contributed by atoms with Crippen LogP contribution < -0.4 is 5.11 Å². The van der Waals surface area contributed by atoms with Crippen molar-refractivity contribution in [2.45, 2.75) is 110 Å². The molecule has 0 aliphatic heterocycles. The van der Waals surface area contributed by atoms with Gasteiger partial charge in [-0.3, -0.25) is 0 Å². The van der Waals surface area contributed by atoms with E-state index in [2.05, 4.69) is 6.92 Å². The minimum Gasteiger partial charge on any atom is -2.00 e. The Balaban J connectivity index is -0.000000602. The first-order valence-electron chi connectivity index (χ1n) is 8.97. The molecule has 0 aromatic carbocycles. The van der Waals surface area contributed by atoms with E-state index >= 15 is 0 Å². The Morgan fingerprint density at radius 1 is 0.609 bits per heavy atom. The summed E-state index contributed by atoms with van der Waals surface area (Å²) >= 11 is 0. The van der Waals surface area contributed by atoms with Crippen LogP contribution in [0.5, 0.6) is 0 Å². The molecular weight excluding hydrogens is 344 g/mol. The number of carboxylic acid groups (broad SMARTS) is 1. The Morgan fingerprint density at radius 3 is 1.13 bits per heavy atom. The Hall–Kier alpha value is 1.95. The normalized spacial score (nSPS) is 9.43. The fourth-order valence-corrected chi connectivity index (χ4v) is 2.64. The Labute approximate surface area is 204 Å². The molecule has 0 aromatic rings. The third kappa shape index (κ3) is 32.1. The van der Waals surface area contributed by atoms with Gasteiger partial charge in [0.2, 0.25) is 0 Å². The van der Waals surface area contributed by atoms with Gasteiger partial charge in [0, 0.05) is 5.97 Å². The molecule has 0 fully saturated rings. The molecule has 0 atom stereocenters. The van der Waals surface area contributed by atoms with Gasteiger partial charge in [0.15, 0.2) is 0 Å². The van der Waals surface area contributed by atoms with Crippen molar-refractivity contribution in [3.05, 3.63) is 0 Å². The van der Waals surface area contributed by atoms with Crippen LogP contribution in [-0.4, -0.2) is 81.4 Å². The second kappa shape index (κ2) is 28.7. The third-order valence-electron chi connectivity index (χ3n) is 3.98. The number of unbranched alkanes of at least 4 members (excludes halogenated alkanes) is 14. The Morgan fingerprint density at radius 2 is 0.870 bits per heavy atom. The summed E-state index contributed by atoms with van der Waals surface area (Å²) in [4.78, 5) is 10.2. The second-order valence-electron chi connectivity index (χ2n) is 6.07. The van der Waals surface area contributed by atoms with E-state index in [0.717, 1.165) is 12.8 Å². The molecule has 0 amide bonds. The number of carboxylic acids is 1. The topological polar surface area (TPSA) is 68.6 Å². The first-order valence-corrected chi connectivity index (χ1v) is 8.97. The van der Waals surface area contributed by atoms with Crippen molar-refractivity contribution >= 4 is 81.4 Å². The van der Waals surface area contributed by atoms with Crippen molar-refractivity contribution in [3.8, 4) is 0 Å². The van der Waals surface area contributed by atoms with Crippen LogP contribution in [0.1, 0.15) is 110 Å². The summed E-state index contributed by atoms with van der Waals surface area (Å²) in [6.07, 6.45) is 19.9. The van der Waals surface area contributed by atoms with Gasteiger partial charge in [-0.2, -0.15) is 0 Å². The van der Waals surface area contributed by atoms with Crippen LogP contribution in [0.3, 0.4) is 0 Å². The Bertz CT molecular complexity index is 214. The molecule has 0 aliphatic rings. The van der Waals surface area contributed by atoms with Gasteiger partial charge in [-0.15, -0.1) is 0 Å². The van der Waals surface area contributed by atoms with E-state index < -0.39 is 5.97 Å². The quantitative estimate of drug-likeness (QED) is 0.299. The van der Waals surface area contributed by atoms with Crippen LogP contribution >= 0.6 is 0 Å². The van der Waals surface area contributed by atoms with Crippen molar-refractivity contribution in [1.82, 2.24) is 0 Å². The first-order chi connectivity index (χ1) is 9.77. The summed E-state index contributed by atoms with van der Waals surface area (Å²) in [7, 11) is 0. The van der Waals surface area contributed by atoms with E-state index in [1.165, 1.54) is 83.5 Å². The third-order valence-corrected chi connectivity index (χ3v) is 3.98. The summed E-state index contributed by atoms with van der Waals surface area (Å²) in [5, 5.41) is 10.2. The minimum atomic E-state index is -0.903. The minimum absolute atomic E-state index is 0. The smallest absolute Gasteiger partial charge is 2.00 e. The van der Waals surface area contributed by atoms with Gasteiger partial charge in [0.1, 0.15) is 0 Å². The van der Waals surface area contributed by atoms with Gasteiger partial charge in [-0.1, -0.05) is 96.8 Å². The second-order valence-corrected chi connectivity index (χ2v) is 6.07. The van der Waals surface area contributed by atoms with E-state index in [-0.39, 0.29) is 87.4 Å². The fraction of sp³-hybridized carbons (Fsp3) is 0.944. The predicted octanol–water partition coefficient (Wildman–Crippen LogP) is 4.12. The summed E-state index contributed by atoms with van der Waals surface area (Å²) in [5.41, 5.74) is 0. The molecule has 0 spiro atoms. The largest absolute Gasteiger partial charge is 2.00 e. The standard InChI is InChI=1S/C18H36O2.2Ca.O/c1-2-3-4-5-6-7-8-9-10-11-12-13-14-15-16-17-18(19)20;;;/h2-17H2,1H3,(H,19,20);;;/q;2*+2;-2/p-1. The van der Waals surface area contributed by atoms with Gasteiger partial charge in [-0.05, 0) is 12.8 Å². The molecule has 0 unspecified atom stereocenters. The SMILES string of the molecule is CCCCCCCCCCCCCCCCCC(=O)[O-].[Ca+2].[Ca+2].[O-2]. The average Bonchev–Trinajstić information content (AvgIpc) is 2.43. The summed E-state index contributed by atoms with van der Waals surface area (Å²) in [6, 6.07) is 0. The Kier molecular flexibility index (Phi) is 40.7. The number of hydrogen-bond acceptors (Lipinski definition) is 2. The van der Waals surface area contributed by atoms with Crippen LogP contribution in [0.25, 0.3) is 0 Å². The number of hydrogen-bond donors (Lipinski definition) is 0. The molecule has 0 rings (SSSR count). The number of carbonyl (C=O) groups is 1. The van der Waals surface area contributed by atoms with Crippen molar-refractivity contribution < 1.29 is 15.4 Å². The van der Waals surface area contributed by atoms with Gasteiger partial charge in [0.25, 0.3) is 0 Å². The number of rotatable bonds is 16. The molecule has 5 heteroatoms. The first kappa shape index (κ1) is 32.6. The maximum Gasteiger partial charge on any atom is 2.00 e. The van der Waals surface area contributed by atoms with Gasteiger partial charge in [0.05, 0.1) is 0 Å². The molecule has 0 bridgehead atoms. The van der Waals surface area contributed by atoms with E-state index in [1.807, 2.05) is 0 Å².